The summed E-state index contributed by atoms with van der Waals surface area (Å²) >= 11 is 0. The minimum Gasteiger partial charge on any atom is -0.494 e. The molecule has 1 aromatic heterocycles. The second kappa shape index (κ2) is 9.11. The van der Waals surface area contributed by atoms with Crippen LogP contribution in [0.4, 0.5) is 0 Å². The predicted octanol–water partition coefficient (Wildman–Crippen LogP) is 5.32. The van der Waals surface area contributed by atoms with Gasteiger partial charge in [-0.3, -0.25) is 0 Å². The number of hydrogen-bond acceptors (Lipinski definition) is 4. The number of aromatic nitrogens is 2. The number of imidazole rings is 1. The predicted molar refractivity (Wildman–Crippen MR) is 133 cm³/mol. The van der Waals surface area contributed by atoms with Gasteiger partial charge in [0.25, 0.3) is 0 Å². The Hall–Kier alpha value is -2.37. The molecule has 5 heteroatoms. The van der Waals surface area contributed by atoms with E-state index in [9.17, 15) is 5.11 Å². The third kappa shape index (κ3) is 4.29. The molecule has 1 fully saturated rings. The second-order valence-electron chi connectivity index (χ2n) is 10.3. The van der Waals surface area contributed by atoms with E-state index < -0.39 is 5.60 Å². The molecule has 5 nitrogen and oxygen atoms in total. The molecule has 3 atom stereocenters. The number of rotatable bonds is 8. The Morgan fingerprint density at radius 2 is 1.97 bits per heavy atom. The molecule has 0 unspecified atom stereocenters. The van der Waals surface area contributed by atoms with E-state index in [0.717, 1.165) is 67.8 Å². The fourth-order valence-electron chi connectivity index (χ4n) is 6.24. The van der Waals surface area contributed by atoms with Crippen LogP contribution in [0, 0.1) is 6.92 Å². The highest BCUT2D eigenvalue weighted by atomic mass is 16.5. The average molecular weight is 448 g/mol. The monoisotopic (exact) mass is 447 g/mol. The first-order chi connectivity index (χ1) is 16.0. The van der Waals surface area contributed by atoms with Crippen LogP contribution < -0.4 is 4.74 Å². The summed E-state index contributed by atoms with van der Waals surface area (Å²) in [6, 6.07) is 12.9. The molecule has 0 amide bonds. The van der Waals surface area contributed by atoms with Crippen LogP contribution in [0.25, 0.3) is 11.0 Å². The molecule has 0 saturated heterocycles. The van der Waals surface area contributed by atoms with Crippen molar-refractivity contribution in [3.63, 3.8) is 0 Å². The lowest BCUT2D eigenvalue weighted by Crippen LogP contribution is -2.43. The van der Waals surface area contributed by atoms with Crippen molar-refractivity contribution < 1.29 is 9.84 Å². The number of nitrogens with one attached hydrogen (secondary N) is 1. The highest BCUT2D eigenvalue weighted by molar-refractivity contribution is 5.84. The van der Waals surface area contributed by atoms with E-state index in [1.807, 2.05) is 6.07 Å². The van der Waals surface area contributed by atoms with Gasteiger partial charge in [0.1, 0.15) is 17.1 Å². The summed E-state index contributed by atoms with van der Waals surface area (Å²) in [5, 5.41) is 11.7. The lowest BCUT2D eigenvalue weighted by atomic mass is 9.67. The zero-order valence-electron chi connectivity index (χ0n) is 20.2. The molecule has 3 aromatic rings. The van der Waals surface area contributed by atoms with Gasteiger partial charge in [-0.15, -0.1) is 0 Å². The zero-order valence-corrected chi connectivity index (χ0v) is 20.2. The van der Waals surface area contributed by atoms with Crippen molar-refractivity contribution in [3.05, 3.63) is 58.9 Å². The summed E-state index contributed by atoms with van der Waals surface area (Å²) in [6.07, 6.45) is 7.26. The van der Waals surface area contributed by atoms with Gasteiger partial charge < -0.3 is 19.7 Å². The van der Waals surface area contributed by atoms with Gasteiger partial charge in [-0.2, -0.15) is 0 Å². The van der Waals surface area contributed by atoms with Gasteiger partial charge in [0.05, 0.1) is 18.2 Å². The first-order valence-electron chi connectivity index (χ1n) is 12.5. The lowest BCUT2D eigenvalue weighted by Gasteiger charge is -2.43. The molecule has 3 aliphatic carbocycles. The summed E-state index contributed by atoms with van der Waals surface area (Å²) < 4.78 is 5.47. The van der Waals surface area contributed by atoms with Crippen LogP contribution in [0.15, 0.2) is 36.4 Å². The van der Waals surface area contributed by atoms with E-state index in [2.05, 4.69) is 54.2 Å². The molecular weight excluding hydrogens is 410 g/mol. The summed E-state index contributed by atoms with van der Waals surface area (Å²) in [7, 11) is 3.87. The Labute approximate surface area is 197 Å². The molecule has 1 heterocycles. The maximum Gasteiger partial charge on any atom is 0.146 e. The number of fused-ring (bicyclic) bond motifs is 4. The van der Waals surface area contributed by atoms with Crippen LogP contribution in [0.5, 0.6) is 5.75 Å². The first kappa shape index (κ1) is 22.4. The topological polar surface area (TPSA) is 61.4 Å². The highest BCUT2D eigenvalue weighted by Crippen LogP contribution is 2.53. The van der Waals surface area contributed by atoms with Crippen molar-refractivity contribution in [3.8, 4) is 5.75 Å². The van der Waals surface area contributed by atoms with E-state index in [-0.39, 0.29) is 5.92 Å². The Kier molecular flexibility index (Phi) is 6.19. The molecular formula is C28H37N3O2. The van der Waals surface area contributed by atoms with E-state index in [4.69, 9.17) is 9.72 Å². The number of aliphatic hydroxyl groups is 1. The van der Waals surface area contributed by atoms with Crippen LogP contribution in [-0.2, 0) is 6.42 Å². The van der Waals surface area contributed by atoms with E-state index in [1.165, 1.54) is 29.5 Å². The average Bonchev–Trinajstić information content (AvgIpc) is 3.07. The molecule has 176 valence electrons. The van der Waals surface area contributed by atoms with Crippen LogP contribution >= 0.6 is 0 Å². The van der Waals surface area contributed by atoms with Gasteiger partial charge in [-0.05, 0) is 81.3 Å². The van der Waals surface area contributed by atoms with Crippen molar-refractivity contribution in [1.82, 2.24) is 14.9 Å². The standard InChI is InChI=1S/C28H37N3O2/c1-19-13-14-24(33-3)27-26(19)29-25(30-27)12-7-16-31(2)17-15-28(32)18-20-8-6-11-23(28)22-10-5-4-9-21(20)22/h4-5,9-10,13-14,20,23,32H,6-8,11-12,15-18H2,1-3H3,(H,29,30)/t20-,23-,28-/m0/s1. The van der Waals surface area contributed by atoms with E-state index in [1.54, 1.807) is 7.11 Å². The summed E-state index contributed by atoms with van der Waals surface area (Å²) in [5.41, 5.74) is 5.52. The molecule has 6 rings (SSSR count). The smallest absolute Gasteiger partial charge is 0.146 e. The van der Waals surface area contributed by atoms with Crippen molar-refractivity contribution in [2.45, 2.75) is 69.3 Å². The van der Waals surface area contributed by atoms with E-state index in [0.29, 0.717) is 5.92 Å². The number of ether oxygens (including phenoxy) is 1. The number of aryl methyl sites for hydroxylation is 2. The SMILES string of the molecule is COc1ccc(C)c2[nH]c(CCCN(C)CC[C@]3(O)C[C@@H]4CCC[C@H]3c3ccccc34)nc12. The molecule has 1 saturated carbocycles. The van der Waals surface area contributed by atoms with Gasteiger partial charge in [0.2, 0.25) is 0 Å². The number of hydrogen-bond donors (Lipinski definition) is 2. The van der Waals surface area contributed by atoms with Crippen molar-refractivity contribution >= 4 is 11.0 Å². The molecule has 2 bridgehead atoms. The Morgan fingerprint density at radius 1 is 1.15 bits per heavy atom. The maximum absolute atomic E-state index is 11.7. The van der Waals surface area contributed by atoms with Crippen molar-refractivity contribution in [2.24, 2.45) is 0 Å². The fraction of sp³-hybridized carbons (Fsp3) is 0.536. The summed E-state index contributed by atoms with van der Waals surface area (Å²) in [5.74, 6) is 2.64. The molecule has 0 aliphatic heterocycles. The van der Waals surface area contributed by atoms with Gasteiger partial charge >= 0.3 is 0 Å². The van der Waals surface area contributed by atoms with E-state index >= 15 is 0 Å². The largest absolute Gasteiger partial charge is 0.494 e. The number of nitrogens with zero attached hydrogens (tertiary/aromatic N) is 2. The number of benzene rings is 2. The normalized spacial score (nSPS) is 24.3. The molecule has 0 spiro atoms. The Morgan fingerprint density at radius 3 is 2.79 bits per heavy atom. The zero-order chi connectivity index (χ0) is 23.0. The minimum absolute atomic E-state index is 0.287. The van der Waals surface area contributed by atoms with Crippen LogP contribution in [0.2, 0.25) is 0 Å². The number of aromatic amines is 1. The number of H-pyrrole nitrogens is 1. The van der Waals surface area contributed by atoms with Gasteiger partial charge in [-0.1, -0.05) is 36.8 Å². The van der Waals surface area contributed by atoms with Crippen molar-refractivity contribution in [1.29, 1.82) is 0 Å². The first-order valence-corrected chi connectivity index (χ1v) is 12.5. The number of methoxy groups -OCH3 is 1. The maximum atomic E-state index is 11.7. The minimum atomic E-state index is -0.573. The van der Waals surface area contributed by atoms with Crippen LogP contribution in [0.1, 0.15) is 72.9 Å². The summed E-state index contributed by atoms with van der Waals surface area (Å²) in [6.45, 7) is 4.02. The lowest BCUT2D eigenvalue weighted by molar-refractivity contribution is -0.0194. The third-order valence-electron chi connectivity index (χ3n) is 8.07. The van der Waals surface area contributed by atoms with Gasteiger partial charge in [0, 0.05) is 18.9 Å². The Bertz CT molecular complexity index is 1120. The molecule has 0 radical (unpaired) electrons. The molecule has 2 aromatic carbocycles. The Balaban J connectivity index is 1.18. The fourth-order valence-corrected chi connectivity index (χ4v) is 6.24. The third-order valence-corrected chi connectivity index (χ3v) is 8.07. The van der Waals surface area contributed by atoms with Gasteiger partial charge in [-0.25, -0.2) is 4.98 Å². The van der Waals surface area contributed by atoms with Crippen LogP contribution in [-0.4, -0.2) is 52.8 Å². The molecule has 3 aliphatic rings. The van der Waals surface area contributed by atoms with Crippen LogP contribution in [0.3, 0.4) is 0 Å². The highest BCUT2D eigenvalue weighted by Gasteiger charge is 2.46. The van der Waals surface area contributed by atoms with Gasteiger partial charge in [0.15, 0.2) is 0 Å². The summed E-state index contributed by atoms with van der Waals surface area (Å²) in [4.78, 5) is 10.6. The molecule has 33 heavy (non-hydrogen) atoms. The second-order valence-corrected chi connectivity index (χ2v) is 10.3. The quantitative estimate of drug-likeness (QED) is 0.491. The molecule has 2 N–H and O–H groups in total. The van der Waals surface area contributed by atoms with Crippen molar-refractivity contribution in [2.75, 3.05) is 27.2 Å².